The van der Waals surface area contributed by atoms with Crippen LogP contribution in [0.5, 0.6) is 5.88 Å². The van der Waals surface area contributed by atoms with Crippen LogP contribution in [0.25, 0.3) is 0 Å². The van der Waals surface area contributed by atoms with Crippen molar-refractivity contribution >= 4 is 5.82 Å². The zero-order chi connectivity index (χ0) is 13.1. The summed E-state index contributed by atoms with van der Waals surface area (Å²) < 4.78 is 7.19. The van der Waals surface area contributed by atoms with Crippen molar-refractivity contribution in [3.05, 3.63) is 25.0 Å². The number of hydrogen-bond donors (Lipinski definition) is 0. The Labute approximate surface area is 111 Å². The van der Waals surface area contributed by atoms with E-state index in [2.05, 4.69) is 25.0 Å². The van der Waals surface area contributed by atoms with Gasteiger partial charge in [0.2, 0.25) is 0 Å². The average Bonchev–Trinajstić information content (AvgIpc) is 3.02. The summed E-state index contributed by atoms with van der Waals surface area (Å²) in [7, 11) is 1.62. The van der Waals surface area contributed by atoms with E-state index in [-0.39, 0.29) is 0 Å². The maximum absolute atomic E-state index is 5.25. The molecule has 1 fully saturated rings. The van der Waals surface area contributed by atoms with E-state index in [9.17, 15) is 0 Å². The van der Waals surface area contributed by atoms with Gasteiger partial charge in [-0.2, -0.15) is 5.10 Å². The highest BCUT2D eigenvalue weighted by atomic mass is 16.5. The quantitative estimate of drug-likeness (QED) is 0.817. The first-order chi connectivity index (χ1) is 9.38. The van der Waals surface area contributed by atoms with Gasteiger partial charge in [-0.3, -0.25) is 0 Å². The molecule has 19 heavy (non-hydrogen) atoms. The van der Waals surface area contributed by atoms with Crippen molar-refractivity contribution in [3.8, 4) is 5.88 Å². The normalized spacial score (nSPS) is 16.6. The maximum Gasteiger partial charge on any atom is 0.257 e. The molecule has 7 nitrogen and oxygen atoms in total. The van der Waals surface area contributed by atoms with Gasteiger partial charge in [-0.25, -0.2) is 19.6 Å². The van der Waals surface area contributed by atoms with Crippen molar-refractivity contribution in [2.75, 3.05) is 25.1 Å². The zero-order valence-electron chi connectivity index (χ0n) is 10.8. The van der Waals surface area contributed by atoms with Crippen LogP contribution in [0.4, 0.5) is 5.82 Å². The summed E-state index contributed by atoms with van der Waals surface area (Å²) in [5.74, 6) is 1.41. The third kappa shape index (κ3) is 2.35. The topological polar surface area (TPSA) is 69.0 Å². The molecule has 2 aromatic rings. The van der Waals surface area contributed by atoms with E-state index in [1.165, 1.54) is 0 Å². The van der Waals surface area contributed by atoms with E-state index in [0.717, 1.165) is 31.7 Å². The predicted octanol–water partition coefficient (Wildman–Crippen LogP) is 0.918. The Balaban J connectivity index is 1.70. The van der Waals surface area contributed by atoms with Crippen molar-refractivity contribution in [2.45, 2.75) is 18.9 Å². The summed E-state index contributed by atoms with van der Waals surface area (Å²) in [5, 5.41) is 4.21. The SMILES string of the molecule is COc1nccnc1N1CCC(n2cncn2)CC1. The summed E-state index contributed by atoms with van der Waals surface area (Å²) in [6, 6.07) is 0.418. The smallest absolute Gasteiger partial charge is 0.257 e. The Hall–Kier alpha value is -2.18. The minimum absolute atomic E-state index is 0.418. The molecule has 0 saturated carbocycles. The Bertz CT molecular complexity index is 521. The highest BCUT2D eigenvalue weighted by Gasteiger charge is 2.24. The molecule has 0 radical (unpaired) electrons. The van der Waals surface area contributed by atoms with Gasteiger partial charge in [-0.15, -0.1) is 0 Å². The molecule has 0 aliphatic carbocycles. The van der Waals surface area contributed by atoms with E-state index in [0.29, 0.717) is 11.9 Å². The summed E-state index contributed by atoms with van der Waals surface area (Å²) >= 11 is 0. The van der Waals surface area contributed by atoms with E-state index in [1.54, 1.807) is 32.2 Å². The van der Waals surface area contributed by atoms with Crippen LogP contribution in [0.15, 0.2) is 25.0 Å². The molecule has 0 bridgehead atoms. The lowest BCUT2D eigenvalue weighted by Crippen LogP contribution is -2.35. The molecular weight excluding hydrogens is 244 g/mol. The first-order valence-corrected chi connectivity index (χ1v) is 6.32. The van der Waals surface area contributed by atoms with Crippen molar-refractivity contribution in [3.63, 3.8) is 0 Å². The molecule has 1 aliphatic rings. The van der Waals surface area contributed by atoms with E-state index in [4.69, 9.17) is 4.74 Å². The van der Waals surface area contributed by atoms with E-state index in [1.807, 2.05) is 4.68 Å². The van der Waals surface area contributed by atoms with E-state index < -0.39 is 0 Å². The molecule has 100 valence electrons. The van der Waals surface area contributed by atoms with Crippen LogP contribution < -0.4 is 9.64 Å². The van der Waals surface area contributed by atoms with Gasteiger partial charge in [0.05, 0.1) is 13.2 Å². The number of methoxy groups -OCH3 is 1. The lowest BCUT2D eigenvalue weighted by Gasteiger charge is -2.32. The van der Waals surface area contributed by atoms with Crippen LogP contribution in [0.2, 0.25) is 0 Å². The molecule has 7 heteroatoms. The number of anilines is 1. The second-order valence-corrected chi connectivity index (χ2v) is 4.48. The van der Waals surface area contributed by atoms with Gasteiger partial charge in [0.1, 0.15) is 12.7 Å². The summed E-state index contributed by atoms with van der Waals surface area (Å²) in [6.45, 7) is 1.83. The number of piperidine rings is 1. The first kappa shape index (κ1) is 11.9. The fourth-order valence-corrected chi connectivity index (χ4v) is 2.43. The van der Waals surface area contributed by atoms with Gasteiger partial charge < -0.3 is 9.64 Å². The number of ether oxygens (including phenoxy) is 1. The van der Waals surface area contributed by atoms with Gasteiger partial charge in [0.15, 0.2) is 5.82 Å². The molecule has 2 aromatic heterocycles. The Kier molecular flexibility index (Phi) is 3.26. The summed E-state index contributed by atoms with van der Waals surface area (Å²) in [5.41, 5.74) is 0. The van der Waals surface area contributed by atoms with Gasteiger partial charge in [0, 0.05) is 25.5 Å². The third-order valence-electron chi connectivity index (χ3n) is 3.41. The van der Waals surface area contributed by atoms with Gasteiger partial charge in [0.25, 0.3) is 5.88 Å². The third-order valence-corrected chi connectivity index (χ3v) is 3.41. The van der Waals surface area contributed by atoms with Crippen LogP contribution in [-0.2, 0) is 0 Å². The Morgan fingerprint density at radius 3 is 2.68 bits per heavy atom. The number of nitrogens with zero attached hydrogens (tertiary/aromatic N) is 6. The predicted molar refractivity (Wildman–Crippen MR) is 69.1 cm³/mol. The molecule has 0 spiro atoms. The monoisotopic (exact) mass is 260 g/mol. The van der Waals surface area contributed by atoms with Crippen LogP contribution >= 0.6 is 0 Å². The number of hydrogen-bond acceptors (Lipinski definition) is 6. The van der Waals surface area contributed by atoms with Crippen LogP contribution in [-0.4, -0.2) is 44.9 Å². The second-order valence-electron chi connectivity index (χ2n) is 4.48. The fourth-order valence-electron chi connectivity index (χ4n) is 2.43. The molecule has 0 N–H and O–H groups in total. The van der Waals surface area contributed by atoms with Crippen molar-refractivity contribution in [2.24, 2.45) is 0 Å². The molecule has 0 atom stereocenters. The maximum atomic E-state index is 5.25. The lowest BCUT2D eigenvalue weighted by atomic mass is 10.1. The molecule has 3 rings (SSSR count). The number of aromatic nitrogens is 5. The molecule has 1 saturated heterocycles. The molecule has 3 heterocycles. The van der Waals surface area contributed by atoms with E-state index >= 15 is 0 Å². The molecule has 0 amide bonds. The van der Waals surface area contributed by atoms with Crippen molar-refractivity contribution < 1.29 is 4.74 Å². The lowest BCUT2D eigenvalue weighted by molar-refractivity contribution is 0.357. The second kappa shape index (κ2) is 5.21. The molecule has 0 aromatic carbocycles. The van der Waals surface area contributed by atoms with Gasteiger partial charge in [-0.1, -0.05) is 0 Å². The largest absolute Gasteiger partial charge is 0.478 e. The van der Waals surface area contributed by atoms with Crippen molar-refractivity contribution in [1.82, 2.24) is 24.7 Å². The highest BCUT2D eigenvalue weighted by molar-refractivity contribution is 5.48. The molecule has 1 aliphatic heterocycles. The molecular formula is C12H16N6O. The molecule has 0 unspecified atom stereocenters. The van der Waals surface area contributed by atoms with Crippen LogP contribution in [0.1, 0.15) is 18.9 Å². The first-order valence-electron chi connectivity index (χ1n) is 6.32. The van der Waals surface area contributed by atoms with Crippen LogP contribution in [0, 0.1) is 0 Å². The van der Waals surface area contributed by atoms with Crippen molar-refractivity contribution in [1.29, 1.82) is 0 Å². The fraction of sp³-hybridized carbons (Fsp3) is 0.500. The standard InChI is InChI=1S/C12H16N6O/c1-19-12-11(14-4-5-15-12)17-6-2-10(3-7-17)18-9-13-8-16-18/h4-5,8-10H,2-3,6-7H2,1H3. The van der Waals surface area contributed by atoms with Gasteiger partial charge >= 0.3 is 0 Å². The number of rotatable bonds is 3. The summed E-state index contributed by atoms with van der Waals surface area (Å²) in [6.07, 6.45) is 8.74. The Morgan fingerprint density at radius 1 is 1.21 bits per heavy atom. The minimum atomic E-state index is 0.418. The zero-order valence-corrected chi connectivity index (χ0v) is 10.8. The highest BCUT2D eigenvalue weighted by Crippen LogP contribution is 2.28. The summed E-state index contributed by atoms with van der Waals surface area (Å²) in [4.78, 5) is 14.8. The van der Waals surface area contributed by atoms with Crippen LogP contribution in [0.3, 0.4) is 0 Å². The Morgan fingerprint density at radius 2 is 2.00 bits per heavy atom. The van der Waals surface area contributed by atoms with Gasteiger partial charge in [-0.05, 0) is 12.8 Å². The average molecular weight is 260 g/mol. The minimum Gasteiger partial charge on any atom is -0.478 e.